The number of nitrogens with zero attached hydrogens (tertiary/aromatic N) is 1. The first-order chi connectivity index (χ1) is 9.60. The van der Waals surface area contributed by atoms with Crippen LogP contribution in [0.5, 0.6) is 0 Å². The molecular weight excluding hydrogens is 252 g/mol. The summed E-state index contributed by atoms with van der Waals surface area (Å²) in [5.41, 5.74) is 8.98. The van der Waals surface area contributed by atoms with Crippen molar-refractivity contribution in [3.05, 3.63) is 58.8 Å². The summed E-state index contributed by atoms with van der Waals surface area (Å²) in [5.74, 6) is -0.344. The summed E-state index contributed by atoms with van der Waals surface area (Å²) in [6, 6.07) is 11.1. The molecule has 0 amide bonds. The van der Waals surface area contributed by atoms with E-state index in [9.17, 15) is 4.79 Å². The number of anilines is 1. The van der Waals surface area contributed by atoms with E-state index < -0.39 is 5.97 Å². The molecule has 0 aliphatic heterocycles. The highest BCUT2D eigenvalue weighted by Crippen LogP contribution is 2.15. The Labute approximate surface area is 118 Å². The van der Waals surface area contributed by atoms with Crippen molar-refractivity contribution in [1.82, 2.24) is 4.98 Å². The Morgan fingerprint density at radius 2 is 2.05 bits per heavy atom. The minimum absolute atomic E-state index is 0.387. The van der Waals surface area contributed by atoms with Crippen molar-refractivity contribution in [1.29, 1.82) is 0 Å². The van der Waals surface area contributed by atoms with E-state index in [0.717, 1.165) is 29.7 Å². The zero-order valence-corrected chi connectivity index (χ0v) is 11.5. The fourth-order valence-electron chi connectivity index (χ4n) is 2.21. The zero-order chi connectivity index (χ0) is 14.5. The molecule has 4 nitrogen and oxygen atoms in total. The Kier molecular flexibility index (Phi) is 4.35. The lowest BCUT2D eigenvalue weighted by Crippen LogP contribution is -2.03. The molecule has 104 valence electrons. The fraction of sp³-hybridized carbons (Fsp3) is 0.250. The second kappa shape index (κ2) is 6.19. The third-order valence-electron chi connectivity index (χ3n) is 3.28. The van der Waals surface area contributed by atoms with E-state index in [4.69, 9.17) is 10.8 Å². The predicted molar refractivity (Wildman–Crippen MR) is 78.8 cm³/mol. The number of nitrogens with two attached hydrogens (primary N) is 1. The van der Waals surface area contributed by atoms with Gasteiger partial charge in [0.15, 0.2) is 0 Å². The van der Waals surface area contributed by atoms with Crippen LogP contribution < -0.4 is 5.73 Å². The largest absolute Gasteiger partial charge is 0.478 e. The summed E-state index contributed by atoms with van der Waals surface area (Å²) < 4.78 is 0. The van der Waals surface area contributed by atoms with Crippen molar-refractivity contribution in [2.24, 2.45) is 0 Å². The molecule has 1 aromatic heterocycles. The van der Waals surface area contributed by atoms with Crippen molar-refractivity contribution >= 4 is 11.8 Å². The van der Waals surface area contributed by atoms with Crippen LogP contribution in [0.25, 0.3) is 0 Å². The van der Waals surface area contributed by atoms with Crippen molar-refractivity contribution in [3.8, 4) is 0 Å². The van der Waals surface area contributed by atoms with Gasteiger partial charge >= 0.3 is 5.97 Å². The smallest absolute Gasteiger partial charge is 0.335 e. The van der Waals surface area contributed by atoms with E-state index in [-0.39, 0.29) is 0 Å². The van der Waals surface area contributed by atoms with Crippen LogP contribution in [0.1, 0.15) is 34.1 Å². The molecule has 0 radical (unpaired) electrons. The molecule has 4 heteroatoms. The molecule has 0 aliphatic rings. The summed E-state index contributed by atoms with van der Waals surface area (Å²) in [5, 5.41) is 9.10. The van der Waals surface area contributed by atoms with Crippen LogP contribution >= 0.6 is 0 Å². The van der Waals surface area contributed by atoms with Crippen LogP contribution in [0, 0.1) is 0 Å². The summed E-state index contributed by atoms with van der Waals surface area (Å²) in [7, 11) is 0. The van der Waals surface area contributed by atoms with Gasteiger partial charge in [-0.3, -0.25) is 0 Å². The molecule has 2 aromatic rings. The number of hydrogen-bond donors (Lipinski definition) is 2. The fourth-order valence-corrected chi connectivity index (χ4v) is 2.21. The number of nitrogen functional groups attached to an aromatic ring is 1. The lowest BCUT2D eigenvalue weighted by Gasteiger charge is -2.07. The number of rotatable bonds is 5. The molecule has 0 saturated heterocycles. The quantitative estimate of drug-likeness (QED) is 0.875. The van der Waals surface area contributed by atoms with Gasteiger partial charge in [-0.2, -0.15) is 0 Å². The number of aryl methyl sites for hydroxylation is 3. The highest BCUT2D eigenvalue weighted by molar-refractivity contribution is 5.89. The van der Waals surface area contributed by atoms with E-state index in [0.29, 0.717) is 17.8 Å². The van der Waals surface area contributed by atoms with Gasteiger partial charge in [-0.15, -0.1) is 0 Å². The molecule has 0 bridgehead atoms. The van der Waals surface area contributed by atoms with Gasteiger partial charge in [0, 0.05) is 5.69 Å². The molecule has 0 aliphatic carbocycles. The first-order valence-corrected chi connectivity index (χ1v) is 6.66. The van der Waals surface area contributed by atoms with Crippen molar-refractivity contribution in [3.63, 3.8) is 0 Å². The SMILES string of the molecule is CCc1cc(CCc2cccc(N)n2)ccc1C(=O)O. The molecule has 1 heterocycles. The summed E-state index contributed by atoms with van der Waals surface area (Å²) in [6.07, 6.45) is 2.33. The highest BCUT2D eigenvalue weighted by Gasteiger charge is 2.09. The van der Waals surface area contributed by atoms with Gasteiger partial charge < -0.3 is 10.8 Å². The number of hydrogen-bond acceptors (Lipinski definition) is 3. The zero-order valence-electron chi connectivity index (χ0n) is 11.5. The third-order valence-corrected chi connectivity index (χ3v) is 3.28. The van der Waals surface area contributed by atoms with Crippen LogP contribution in [-0.4, -0.2) is 16.1 Å². The minimum Gasteiger partial charge on any atom is -0.478 e. The van der Waals surface area contributed by atoms with Gasteiger partial charge in [-0.25, -0.2) is 9.78 Å². The van der Waals surface area contributed by atoms with Crippen molar-refractivity contribution < 1.29 is 9.90 Å². The van der Waals surface area contributed by atoms with Gasteiger partial charge in [-0.1, -0.05) is 25.1 Å². The molecular formula is C16H18N2O2. The van der Waals surface area contributed by atoms with Crippen molar-refractivity contribution in [2.75, 3.05) is 5.73 Å². The minimum atomic E-state index is -0.870. The Bertz CT molecular complexity index is 624. The second-order valence-electron chi connectivity index (χ2n) is 4.70. The lowest BCUT2D eigenvalue weighted by atomic mass is 9.99. The maximum atomic E-state index is 11.1. The van der Waals surface area contributed by atoms with Gasteiger partial charge in [0.25, 0.3) is 0 Å². The molecule has 0 atom stereocenters. The van der Waals surface area contributed by atoms with E-state index in [1.54, 1.807) is 12.1 Å². The number of carboxylic acids is 1. The summed E-state index contributed by atoms with van der Waals surface area (Å²) in [4.78, 5) is 15.3. The standard InChI is InChI=1S/C16H18N2O2/c1-2-12-10-11(7-9-14(12)16(19)20)6-8-13-4-3-5-15(17)18-13/h3-5,7,9-10H,2,6,8H2,1H3,(H2,17,18)(H,19,20). The van der Waals surface area contributed by atoms with E-state index >= 15 is 0 Å². The molecule has 2 rings (SSSR count). The maximum Gasteiger partial charge on any atom is 0.335 e. The number of carboxylic acid groups (broad SMARTS) is 1. The normalized spacial score (nSPS) is 10.4. The summed E-state index contributed by atoms with van der Waals surface area (Å²) >= 11 is 0. The average Bonchev–Trinajstić information content (AvgIpc) is 2.44. The first kappa shape index (κ1) is 14.1. The Hall–Kier alpha value is -2.36. The third kappa shape index (κ3) is 3.35. The van der Waals surface area contributed by atoms with Crippen LogP contribution in [0.15, 0.2) is 36.4 Å². The summed E-state index contributed by atoms with van der Waals surface area (Å²) in [6.45, 7) is 1.96. The van der Waals surface area contributed by atoms with Crippen LogP contribution in [0.3, 0.4) is 0 Å². The molecule has 0 saturated carbocycles. The van der Waals surface area contributed by atoms with Crippen LogP contribution in [-0.2, 0) is 19.3 Å². The lowest BCUT2D eigenvalue weighted by molar-refractivity contribution is 0.0695. The van der Waals surface area contributed by atoms with Crippen LogP contribution in [0.2, 0.25) is 0 Å². The number of aromatic nitrogens is 1. The number of carbonyl (C=O) groups is 1. The Balaban J connectivity index is 2.12. The molecule has 0 fully saturated rings. The number of benzene rings is 1. The van der Waals surface area contributed by atoms with E-state index in [1.807, 2.05) is 31.2 Å². The monoisotopic (exact) mass is 270 g/mol. The molecule has 1 aromatic carbocycles. The van der Waals surface area contributed by atoms with Crippen molar-refractivity contribution in [2.45, 2.75) is 26.2 Å². The predicted octanol–water partition coefficient (Wildman–Crippen LogP) is 2.71. The van der Waals surface area contributed by atoms with Gasteiger partial charge in [-0.05, 0) is 48.6 Å². The maximum absolute atomic E-state index is 11.1. The second-order valence-corrected chi connectivity index (χ2v) is 4.70. The van der Waals surface area contributed by atoms with Crippen LogP contribution in [0.4, 0.5) is 5.82 Å². The molecule has 0 unspecified atom stereocenters. The number of aromatic carboxylic acids is 1. The van der Waals surface area contributed by atoms with E-state index in [2.05, 4.69) is 4.98 Å². The Morgan fingerprint density at radius 3 is 2.70 bits per heavy atom. The van der Waals surface area contributed by atoms with Gasteiger partial charge in [0.2, 0.25) is 0 Å². The van der Waals surface area contributed by atoms with Gasteiger partial charge in [0.05, 0.1) is 5.56 Å². The first-order valence-electron chi connectivity index (χ1n) is 6.66. The molecule has 20 heavy (non-hydrogen) atoms. The Morgan fingerprint density at radius 1 is 1.25 bits per heavy atom. The van der Waals surface area contributed by atoms with Gasteiger partial charge in [0.1, 0.15) is 5.82 Å². The molecule has 3 N–H and O–H groups in total. The van der Waals surface area contributed by atoms with E-state index in [1.165, 1.54) is 0 Å². The average molecular weight is 270 g/mol. The molecule has 0 spiro atoms. The number of pyridine rings is 1. The highest BCUT2D eigenvalue weighted by atomic mass is 16.4. The topological polar surface area (TPSA) is 76.2 Å².